The Balaban J connectivity index is 1.55. The number of rotatable bonds is 6. The number of hydrogen-bond acceptors (Lipinski definition) is 3. The van der Waals surface area contributed by atoms with Crippen molar-refractivity contribution in [3.63, 3.8) is 0 Å². The highest BCUT2D eigenvalue weighted by Crippen LogP contribution is 2.58. The minimum absolute atomic E-state index is 0.123. The molecular weight excluding hydrogens is 344 g/mol. The molecule has 140 valence electrons. The standard InChI is InChI=1S/C21H22N2O4/c1-21(2)17(18(21)20(26)27)19(25)23-15-10-8-14(9-11-15)22-16(24)12-13-6-4-3-5-7-13/h3-11,17-18H,12H2,1-2H3,(H,22,24)(H,23,25)(H,26,27). The highest BCUT2D eigenvalue weighted by Gasteiger charge is 2.65. The summed E-state index contributed by atoms with van der Waals surface area (Å²) in [5, 5.41) is 14.7. The van der Waals surface area contributed by atoms with Crippen molar-refractivity contribution >= 4 is 29.2 Å². The summed E-state index contributed by atoms with van der Waals surface area (Å²) in [6.07, 6.45) is 0.284. The van der Waals surface area contributed by atoms with Crippen molar-refractivity contribution in [1.82, 2.24) is 0 Å². The van der Waals surface area contributed by atoms with Crippen molar-refractivity contribution in [2.75, 3.05) is 10.6 Å². The van der Waals surface area contributed by atoms with Gasteiger partial charge in [-0.1, -0.05) is 44.2 Å². The first-order valence-corrected chi connectivity index (χ1v) is 8.76. The summed E-state index contributed by atoms with van der Waals surface area (Å²) in [7, 11) is 0. The summed E-state index contributed by atoms with van der Waals surface area (Å²) in [5.41, 5.74) is 1.58. The number of carboxylic acids is 1. The van der Waals surface area contributed by atoms with E-state index in [0.717, 1.165) is 5.56 Å². The SMILES string of the molecule is CC1(C)C(C(=O)O)C1C(=O)Nc1ccc(NC(=O)Cc2ccccc2)cc1. The third kappa shape index (κ3) is 4.16. The Morgan fingerprint density at radius 1 is 0.889 bits per heavy atom. The van der Waals surface area contributed by atoms with E-state index in [9.17, 15) is 19.5 Å². The van der Waals surface area contributed by atoms with Gasteiger partial charge in [-0.05, 0) is 35.2 Å². The third-order valence-corrected chi connectivity index (χ3v) is 5.02. The molecule has 0 saturated heterocycles. The van der Waals surface area contributed by atoms with Crippen LogP contribution in [0.15, 0.2) is 54.6 Å². The largest absolute Gasteiger partial charge is 0.481 e. The van der Waals surface area contributed by atoms with Gasteiger partial charge in [0.25, 0.3) is 0 Å². The second-order valence-corrected chi connectivity index (χ2v) is 7.39. The van der Waals surface area contributed by atoms with Crippen LogP contribution in [0.4, 0.5) is 11.4 Å². The van der Waals surface area contributed by atoms with Crippen LogP contribution in [0, 0.1) is 17.3 Å². The zero-order chi connectivity index (χ0) is 19.6. The molecule has 2 amide bonds. The van der Waals surface area contributed by atoms with Crippen molar-refractivity contribution < 1.29 is 19.5 Å². The lowest BCUT2D eigenvalue weighted by atomic mass is 10.1. The minimum atomic E-state index is -0.948. The summed E-state index contributed by atoms with van der Waals surface area (Å²) in [6, 6.07) is 16.2. The second kappa shape index (κ2) is 7.23. The Labute approximate surface area is 157 Å². The zero-order valence-corrected chi connectivity index (χ0v) is 15.2. The number of carbonyl (C=O) groups is 3. The van der Waals surface area contributed by atoms with Crippen molar-refractivity contribution in [3.05, 3.63) is 60.2 Å². The van der Waals surface area contributed by atoms with Crippen LogP contribution in [-0.2, 0) is 20.8 Å². The highest BCUT2D eigenvalue weighted by atomic mass is 16.4. The van der Waals surface area contributed by atoms with Gasteiger partial charge in [0, 0.05) is 11.4 Å². The Bertz CT molecular complexity index is 860. The topological polar surface area (TPSA) is 95.5 Å². The van der Waals surface area contributed by atoms with Crippen molar-refractivity contribution in [1.29, 1.82) is 0 Å². The summed E-state index contributed by atoms with van der Waals surface area (Å²) in [4.78, 5) is 35.6. The first-order valence-electron chi connectivity index (χ1n) is 8.76. The number of hydrogen-bond donors (Lipinski definition) is 3. The molecule has 27 heavy (non-hydrogen) atoms. The Kier molecular flexibility index (Phi) is 4.99. The molecule has 0 heterocycles. The Morgan fingerprint density at radius 3 is 1.96 bits per heavy atom. The fourth-order valence-electron chi connectivity index (χ4n) is 3.43. The van der Waals surface area contributed by atoms with Crippen LogP contribution < -0.4 is 10.6 Å². The van der Waals surface area contributed by atoms with Crippen LogP contribution in [0.25, 0.3) is 0 Å². The molecule has 6 nitrogen and oxygen atoms in total. The lowest BCUT2D eigenvalue weighted by Crippen LogP contribution is -2.18. The molecule has 1 saturated carbocycles. The molecule has 0 radical (unpaired) electrons. The van der Waals surface area contributed by atoms with E-state index in [1.807, 2.05) is 30.3 Å². The van der Waals surface area contributed by atoms with Gasteiger partial charge in [0.15, 0.2) is 0 Å². The van der Waals surface area contributed by atoms with Gasteiger partial charge < -0.3 is 15.7 Å². The fourth-order valence-corrected chi connectivity index (χ4v) is 3.43. The average Bonchev–Trinajstić information content (AvgIpc) is 3.20. The third-order valence-electron chi connectivity index (χ3n) is 5.02. The summed E-state index contributed by atoms with van der Waals surface area (Å²) >= 11 is 0. The lowest BCUT2D eigenvalue weighted by molar-refractivity contribution is -0.140. The lowest BCUT2D eigenvalue weighted by Gasteiger charge is -2.09. The molecule has 1 aliphatic carbocycles. The molecular formula is C21H22N2O4. The number of carbonyl (C=O) groups excluding carboxylic acids is 2. The van der Waals surface area contributed by atoms with E-state index >= 15 is 0 Å². The molecule has 3 N–H and O–H groups in total. The summed E-state index contributed by atoms with van der Waals surface area (Å²) < 4.78 is 0. The molecule has 0 spiro atoms. The monoisotopic (exact) mass is 366 g/mol. The molecule has 2 aromatic rings. The Morgan fingerprint density at radius 2 is 1.44 bits per heavy atom. The van der Waals surface area contributed by atoms with E-state index in [1.54, 1.807) is 38.1 Å². The van der Waals surface area contributed by atoms with Crippen LogP contribution in [0.1, 0.15) is 19.4 Å². The van der Waals surface area contributed by atoms with Crippen molar-refractivity contribution in [2.45, 2.75) is 20.3 Å². The van der Waals surface area contributed by atoms with Gasteiger partial charge in [0.05, 0.1) is 18.3 Å². The number of amides is 2. The normalized spacial score (nSPS) is 19.8. The van der Waals surface area contributed by atoms with Crippen LogP contribution in [0.2, 0.25) is 0 Å². The smallest absolute Gasteiger partial charge is 0.307 e. The van der Waals surface area contributed by atoms with Crippen LogP contribution in [-0.4, -0.2) is 22.9 Å². The van der Waals surface area contributed by atoms with Gasteiger partial charge in [-0.2, -0.15) is 0 Å². The number of aliphatic carboxylic acids is 1. The average molecular weight is 366 g/mol. The van der Waals surface area contributed by atoms with E-state index in [1.165, 1.54) is 0 Å². The molecule has 0 bridgehead atoms. The maximum atomic E-state index is 12.3. The van der Waals surface area contributed by atoms with E-state index in [0.29, 0.717) is 11.4 Å². The molecule has 0 aliphatic heterocycles. The van der Waals surface area contributed by atoms with Gasteiger partial charge in [-0.15, -0.1) is 0 Å². The molecule has 6 heteroatoms. The van der Waals surface area contributed by atoms with Gasteiger partial charge >= 0.3 is 5.97 Å². The molecule has 2 unspecified atom stereocenters. The van der Waals surface area contributed by atoms with E-state index in [4.69, 9.17) is 0 Å². The van der Waals surface area contributed by atoms with Gasteiger partial charge in [-0.3, -0.25) is 14.4 Å². The quantitative estimate of drug-likeness (QED) is 0.732. The number of carboxylic acid groups (broad SMARTS) is 1. The van der Waals surface area contributed by atoms with Crippen molar-refractivity contribution in [3.8, 4) is 0 Å². The number of anilines is 2. The van der Waals surface area contributed by atoms with Crippen LogP contribution in [0.5, 0.6) is 0 Å². The number of nitrogens with one attached hydrogen (secondary N) is 2. The zero-order valence-electron chi connectivity index (χ0n) is 15.2. The predicted octanol–water partition coefficient (Wildman–Crippen LogP) is 3.16. The number of benzene rings is 2. The molecule has 1 fully saturated rings. The van der Waals surface area contributed by atoms with Crippen LogP contribution in [0.3, 0.4) is 0 Å². The van der Waals surface area contributed by atoms with Gasteiger partial charge in [0.1, 0.15) is 0 Å². The molecule has 0 aromatic heterocycles. The molecule has 2 atom stereocenters. The molecule has 2 aromatic carbocycles. The highest BCUT2D eigenvalue weighted by molar-refractivity contribution is 6.00. The van der Waals surface area contributed by atoms with E-state index < -0.39 is 23.2 Å². The first-order chi connectivity index (χ1) is 12.8. The molecule has 1 aliphatic rings. The minimum Gasteiger partial charge on any atom is -0.481 e. The van der Waals surface area contributed by atoms with Gasteiger partial charge in [-0.25, -0.2) is 0 Å². The maximum Gasteiger partial charge on any atom is 0.307 e. The second-order valence-electron chi connectivity index (χ2n) is 7.39. The Hall–Kier alpha value is -3.15. The van der Waals surface area contributed by atoms with E-state index in [-0.39, 0.29) is 18.2 Å². The maximum absolute atomic E-state index is 12.3. The summed E-state index contributed by atoms with van der Waals surface area (Å²) in [5.74, 6) is -2.57. The predicted molar refractivity (Wildman–Crippen MR) is 102 cm³/mol. The van der Waals surface area contributed by atoms with Gasteiger partial charge in [0.2, 0.25) is 11.8 Å². The van der Waals surface area contributed by atoms with Crippen LogP contribution >= 0.6 is 0 Å². The molecule has 3 rings (SSSR count). The fraction of sp³-hybridized carbons (Fsp3) is 0.286. The van der Waals surface area contributed by atoms with Crippen molar-refractivity contribution in [2.24, 2.45) is 17.3 Å². The van der Waals surface area contributed by atoms with E-state index in [2.05, 4.69) is 10.6 Å². The first kappa shape index (κ1) is 18.6. The summed E-state index contributed by atoms with van der Waals surface area (Å²) in [6.45, 7) is 3.56.